The molecule has 2 atom stereocenters. The molecule has 2 unspecified atom stereocenters. The fourth-order valence-corrected chi connectivity index (χ4v) is 12.8. The molecule has 0 bridgehead atoms. The van der Waals surface area contributed by atoms with Crippen molar-refractivity contribution in [3.63, 3.8) is 0 Å². The Morgan fingerprint density at radius 2 is 0.494 bits per heavy atom. The molecule has 0 saturated carbocycles. The van der Waals surface area contributed by atoms with Gasteiger partial charge in [-0.2, -0.15) is 0 Å². The number of unbranched alkanes of at least 4 members (excludes halogenated alkanes) is 63. The van der Waals surface area contributed by atoms with Crippen molar-refractivity contribution in [3.8, 4) is 0 Å². The summed E-state index contributed by atoms with van der Waals surface area (Å²) < 4.78 is 5.51. The van der Waals surface area contributed by atoms with Gasteiger partial charge >= 0.3 is 5.97 Å². The molecule has 0 aliphatic heterocycles. The summed E-state index contributed by atoms with van der Waals surface area (Å²) in [6.45, 7) is 5.02. The lowest BCUT2D eigenvalue weighted by molar-refractivity contribution is -0.143. The van der Waals surface area contributed by atoms with Gasteiger partial charge in [0.15, 0.2) is 0 Å². The van der Waals surface area contributed by atoms with Gasteiger partial charge in [0.1, 0.15) is 0 Å². The Hall–Kier alpha value is -1.14. The molecule has 0 aromatic carbocycles. The van der Waals surface area contributed by atoms with Gasteiger partial charge in [-0.15, -0.1) is 0 Å². The normalized spacial score (nSPS) is 12.4. The van der Waals surface area contributed by atoms with E-state index in [4.69, 9.17) is 4.74 Å². The van der Waals surface area contributed by atoms with Crippen molar-refractivity contribution in [2.45, 2.75) is 469 Å². The van der Waals surface area contributed by atoms with E-state index in [0.717, 1.165) is 38.5 Å². The number of aliphatic hydroxyl groups excluding tert-OH is 2. The number of hydrogen-bond acceptors (Lipinski definition) is 5. The second-order valence-corrected chi connectivity index (χ2v) is 27.1. The van der Waals surface area contributed by atoms with E-state index in [0.29, 0.717) is 25.9 Å². The molecular weight excluding hydrogens is 1020 g/mol. The van der Waals surface area contributed by atoms with Crippen LogP contribution in [0.15, 0.2) is 0 Å². The Labute approximate surface area is 521 Å². The number of amides is 1. The Kier molecular flexibility index (Phi) is 72.3. The number of rotatable bonds is 74. The third-order valence-electron chi connectivity index (χ3n) is 18.7. The summed E-state index contributed by atoms with van der Waals surface area (Å²) in [6, 6.07) is -0.539. The van der Waals surface area contributed by atoms with Crippen LogP contribution in [0.3, 0.4) is 0 Å². The summed E-state index contributed by atoms with van der Waals surface area (Å²) >= 11 is 0. The Morgan fingerprint density at radius 1 is 0.289 bits per heavy atom. The van der Waals surface area contributed by atoms with E-state index in [9.17, 15) is 19.8 Å². The fourth-order valence-electron chi connectivity index (χ4n) is 12.8. The van der Waals surface area contributed by atoms with Crippen LogP contribution in [0.25, 0.3) is 0 Å². The SMILES string of the molecule is CCCCCCCCCCCCCCCCCCCCCCCC(O)C(CO)NC(=O)CCCCCCCCCCCCCCCCCCCCCCCCCCCCCCCOC(=O)CCCCCCCCCCCCCCCCCC. The quantitative estimate of drug-likeness (QED) is 0.0417. The molecule has 3 N–H and O–H groups in total. The minimum atomic E-state index is -0.662. The van der Waals surface area contributed by atoms with Crippen LogP contribution in [0, 0.1) is 0 Å². The highest BCUT2D eigenvalue weighted by Crippen LogP contribution is 2.20. The maximum absolute atomic E-state index is 12.6. The van der Waals surface area contributed by atoms with Gasteiger partial charge in [0.05, 0.1) is 25.4 Å². The second-order valence-electron chi connectivity index (χ2n) is 27.1. The molecule has 6 heteroatoms. The number of aliphatic hydroxyl groups is 2. The molecule has 0 heterocycles. The van der Waals surface area contributed by atoms with E-state index >= 15 is 0 Å². The molecule has 0 aromatic rings. The number of carbonyl (C=O) groups excluding carboxylic acids is 2. The molecule has 0 aliphatic carbocycles. The van der Waals surface area contributed by atoms with E-state index in [1.807, 2.05) is 0 Å². The monoisotopic (exact) mass is 1170 g/mol. The molecule has 0 rings (SSSR count). The van der Waals surface area contributed by atoms with Gasteiger partial charge in [-0.25, -0.2) is 0 Å². The first-order valence-corrected chi connectivity index (χ1v) is 38.8. The van der Waals surface area contributed by atoms with Crippen LogP contribution in [0.1, 0.15) is 457 Å². The minimum absolute atomic E-state index is 0.0245. The zero-order valence-electron chi connectivity index (χ0n) is 57.0. The number of esters is 1. The molecule has 0 fully saturated rings. The number of ether oxygens (including phenoxy) is 1. The molecule has 83 heavy (non-hydrogen) atoms. The maximum atomic E-state index is 12.6. The summed E-state index contributed by atoms with van der Waals surface area (Å²) in [4.78, 5) is 24.7. The van der Waals surface area contributed by atoms with Gasteiger partial charge in [0.25, 0.3) is 0 Å². The van der Waals surface area contributed by atoms with Crippen LogP contribution in [0.2, 0.25) is 0 Å². The van der Waals surface area contributed by atoms with E-state index < -0.39 is 12.1 Å². The lowest BCUT2D eigenvalue weighted by atomic mass is 10.0. The third kappa shape index (κ3) is 69.8. The molecule has 496 valence electrons. The summed E-state index contributed by atoms with van der Waals surface area (Å²) in [6.07, 6.45) is 90.4. The fraction of sp³-hybridized carbons (Fsp3) is 0.974. The minimum Gasteiger partial charge on any atom is -0.466 e. The van der Waals surface area contributed by atoms with Crippen molar-refractivity contribution in [1.29, 1.82) is 0 Å². The van der Waals surface area contributed by atoms with Crippen LogP contribution in [0.5, 0.6) is 0 Å². The van der Waals surface area contributed by atoms with Gasteiger partial charge in [-0.05, 0) is 25.7 Å². The molecule has 1 amide bonds. The largest absolute Gasteiger partial charge is 0.466 e. The van der Waals surface area contributed by atoms with Crippen molar-refractivity contribution in [2.24, 2.45) is 0 Å². The molecule has 0 aliphatic rings. The molecule has 0 spiro atoms. The first kappa shape index (κ1) is 81.9. The highest BCUT2D eigenvalue weighted by Gasteiger charge is 2.20. The van der Waals surface area contributed by atoms with E-state index in [1.165, 1.54) is 385 Å². The standard InChI is InChI=1S/C77H153NO5/c1-3-5-7-9-11-13-15-17-19-21-22-32-35-38-41-45-49-53-57-61-65-69-75(80)74(73-79)78-76(81)70-66-62-58-54-50-46-42-39-36-33-30-28-26-24-23-25-27-29-31-34-37-40-44-48-52-56-60-64-68-72-83-77(82)71-67-63-59-55-51-47-43-20-18-16-14-12-10-8-6-4-2/h74-75,79-80H,3-73H2,1-2H3,(H,78,81). The molecule has 0 aromatic heterocycles. The lowest BCUT2D eigenvalue weighted by Crippen LogP contribution is -2.45. The van der Waals surface area contributed by atoms with Crippen LogP contribution < -0.4 is 5.32 Å². The van der Waals surface area contributed by atoms with Crippen molar-refractivity contribution in [1.82, 2.24) is 5.32 Å². The van der Waals surface area contributed by atoms with Crippen molar-refractivity contribution < 1.29 is 24.5 Å². The first-order chi connectivity index (χ1) is 41.0. The molecular formula is C77H153NO5. The maximum Gasteiger partial charge on any atom is 0.305 e. The van der Waals surface area contributed by atoms with Crippen LogP contribution in [-0.2, 0) is 14.3 Å². The van der Waals surface area contributed by atoms with Gasteiger partial charge in [0.2, 0.25) is 5.91 Å². The predicted molar refractivity (Wildman–Crippen MR) is 366 cm³/mol. The highest BCUT2D eigenvalue weighted by molar-refractivity contribution is 5.76. The zero-order valence-corrected chi connectivity index (χ0v) is 57.0. The van der Waals surface area contributed by atoms with Crippen molar-refractivity contribution in [2.75, 3.05) is 13.2 Å². The van der Waals surface area contributed by atoms with Crippen molar-refractivity contribution in [3.05, 3.63) is 0 Å². The Balaban J connectivity index is 3.32. The summed E-state index contributed by atoms with van der Waals surface area (Å²) in [7, 11) is 0. The zero-order chi connectivity index (χ0) is 59.9. The Morgan fingerprint density at radius 3 is 0.735 bits per heavy atom. The average Bonchev–Trinajstić information content (AvgIpc) is 3.49. The van der Waals surface area contributed by atoms with Crippen LogP contribution in [-0.4, -0.2) is 47.4 Å². The molecule has 0 radical (unpaired) electrons. The lowest BCUT2D eigenvalue weighted by Gasteiger charge is -2.22. The van der Waals surface area contributed by atoms with Gasteiger partial charge in [-0.3, -0.25) is 9.59 Å². The van der Waals surface area contributed by atoms with Crippen LogP contribution >= 0.6 is 0 Å². The topological polar surface area (TPSA) is 95.9 Å². The summed E-state index contributed by atoms with van der Waals surface area (Å²) in [5.74, 6) is -0.000900. The Bertz CT molecular complexity index is 1210. The predicted octanol–water partition coefficient (Wildman–Crippen LogP) is 25.3. The van der Waals surface area contributed by atoms with E-state index in [1.54, 1.807) is 0 Å². The molecule has 6 nitrogen and oxygen atoms in total. The highest BCUT2D eigenvalue weighted by atomic mass is 16.5. The van der Waals surface area contributed by atoms with E-state index in [2.05, 4.69) is 19.2 Å². The van der Waals surface area contributed by atoms with Crippen molar-refractivity contribution >= 4 is 11.9 Å². The summed E-state index contributed by atoms with van der Waals surface area (Å²) in [5, 5.41) is 23.4. The van der Waals surface area contributed by atoms with Crippen LogP contribution in [0.4, 0.5) is 0 Å². The second kappa shape index (κ2) is 73.3. The third-order valence-corrected chi connectivity index (χ3v) is 18.7. The summed E-state index contributed by atoms with van der Waals surface area (Å²) in [5.41, 5.74) is 0. The number of carbonyl (C=O) groups is 2. The average molecular weight is 1170 g/mol. The first-order valence-electron chi connectivity index (χ1n) is 38.8. The van der Waals surface area contributed by atoms with Gasteiger partial charge in [0, 0.05) is 12.8 Å². The van der Waals surface area contributed by atoms with Gasteiger partial charge in [-0.1, -0.05) is 418 Å². The molecule has 0 saturated heterocycles. The van der Waals surface area contributed by atoms with E-state index in [-0.39, 0.29) is 18.5 Å². The number of hydrogen-bond donors (Lipinski definition) is 3. The number of nitrogens with one attached hydrogen (secondary N) is 1. The smallest absolute Gasteiger partial charge is 0.305 e. The van der Waals surface area contributed by atoms with Gasteiger partial charge < -0.3 is 20.3 Å².